The van der Waals surface area contributed by atoms with Crippen LogP contribution in [0.3, 0.4) is 0 Å². The maximum Gasteiger partial charge on any atom is 0.227 e. The predicted octanol–water partition coefficient (Wildman–Crippen LogP) is 3.83. The molecule has 0 radical (unpaired) electrons. The van der Waals surface area contributed by atoms with Crippen molar-refractivity contribution in [2.24, 2.45) is 5.41 Å². The van der Waals surface area contributed by atoms with E-state index in [2.05, 4.69) is 29.3 Å². The molecule has 25 heavy (non-hydrogen) atoms. The van der Waals surface area contributed by atoms with Crippen molar-refractivity contribution >= 4 is 5.91 Å². The summed E-state index contributed by atoms with van der Waals surface area (Å²) >= 11 is 0. The molecule has 0 bridgehead atoms. The fourth-order valence-electron chi connectivity index (χ4n) is 3.34. The molecule has 1 amide bonds. The van der Waals surface area contributed by atoms with Crippen LogP contribution in [0.25, 0.3) is 0 Å². The van der Waals surface area contributed by atoms with Crippen LogP contribution in [0.15, 0.2) is 54.6 Å². The molecule has 132 valence electrons. The third kappa shape index (κ3) is 4.40. The van der Waals surface area contributed by atoms with Gasteiger partial charge in [-0.3, -0.25) is 9.69 Å². The normalized spacial score (nSPS) is 20.4. The van der Waals surface area contributed by atoms with Crippen molar-refractivity contribution in [1.29, 1.82) is 0 Å². The van der Waals surface area contributed by atoms with Crippen molar-refractivity contribution in [2.75, 3.05) is 19.6 Å². The SMILES string of the molecule is CCNC(=O)[C@@]1(C)CCN(Cc2cccc(Oc3ccccc3)c2)C1. The summed E-state index contributed by atoms with van der Waals surface area (Å²) in [7, 11) is 0. The molecule has 1 fully saturated rings. The number of ether oxygens (including phenoxy) is 1. The second-order valence-corrected chi connectivity index (χ2v) is 6.94. The van der Waals surface area contributed by atoms with Crippen molar-refractivity contribution in [3.05, 3.63) is 60.2 Å². The van der Waals surface area contributed by atoms with E-state index in [1.165, 1.54) is 5.56 Å². The molecule has 0 aromatic heterocycles. The second kappa shape index (κ2) is 7.70. The van der Waals surface area contributed by atoms with Crippen LogP contribution in [0.4, 0.5) is 0 Å². The van der Waals surface area contributed by atoms with Crippen molar-refractivity contribution in [1.82, 2.24) is 10.2 Å². The zero-order valence-corrected chi connectivity index (χ0v) is 15.0. The van der Waals surface area contributed by atoms with Crippen molar-refractivity contribution in [2.45, 2.75) is 26.8 Å². The Hall–Kier alpha value is -2.33. The zero-order chi connectivity index (χ0) is 17.7. The highest BCUT2D eigenvalue weighted by molar-refractivity contribution is 5.82. The fraction of sp³-hybridized carbons (Fsp3) is 0.381. The van der Waals surface area contributed by atoms with Gasteiger partial charge in [0, 0.05) is 19.6 Å². The Kier molecular flexibility index (Phi) is 5.39. The molecule has 1 N–H and O–H groups in total. The summed E-state index contributed by atoms with van der Waals surface area (Å²) in [5, 5.41) is 2.96. The number of likely N-dealkylation sites (tertiary alicyclic amines) is 1. The molecule has 0 aliphatic carbocycles. The lowest BCUT2D eigenvalue weighted by Gasteiger charge is -2.23. The molecular formula is C21H26N2O2. The molecule has 1 saturated heterocycles. The molecule has 0 spiro atoms. The summed E-state index contributed by atoms with van der Waals surface area (Å²) in [6.07, 6.45) is 0.902. The molecular weight excluding hydrogens is 312 g/mol. The summed E-state index contributed by atoms with van der Waals surface area (Å²) in [4.78, 5) is 14.6. The predicted molar refractivity (Wildman–Crippen MR) is 99.6 cm³/mol. The van der Waals surface area contributed by atoms with Crippen LogP contribution in [0.5, 0.6) is 11.5 Å². The van der Waals surface area contributed by atoms with Gasteiger partial charge in [0.25, 0.3) is 0 Å². The van der Waals surface area contributed by atoms with Gasteiger partial charge < -0.3 is 10.1 Å². The van der Waals surface area contributed by atoms with Gasteiger partial charge in [-0.25, -0.2) is 0 Å². The number of nitrogens with one attached hydrogen (secondary N) is 1. The summed E-state index contributed by atoms with van der Waals surface area (Å²) in [6.45, 7) is 7.29. The van der Waals surface area contributed by atoms with Crippen LogP contribution < -0.4 is 10.1 Å². The average molecular weight is 338 g/mol. The summed E-state index contributed by atoms with van der Waals surface area (Å²) in [6, 6.07) is 18.0. The monoisotopic (exact) mass is 338 g/mol. The van der Waals surface area contributed by atoms with E-state index in [9.17, 15) is 4.79 Å². The molecule has 1 heterocycles. The van der Waals surface area contributed by atoms with Crippen LogP contribution >= 0.6 is 0 Å². The highest BCUT2D eigenvalue weighted by Gasteiger charge is 2.39. The smallest absolute Gasteiger partial charge is 0.227 e. The summed E-state index contributed by atoms with van der Waals surface area (Å²) in [5.74, 6) is 1.85. The maximum atomic E-state index is 12.3. The maximum absolute atomic E-state index is 12.3. The Morgan fingerprint density at radius 2 is 1.92 bits per heavy atom. The Morgan fingerprint density at radius 1 is 1.16 bits per heavy atom. The minimum Gasteiger partial charge on any atom is -0.457 e. The summed E-state index contributed by atoms with van der Waals surface area (Å²) < 4.78 is 5.91. The Bertz CT molecular complexity index is 717. The number of benzene rings is 2. The van der Waals surface area contributed by atoms with Gasteiger partial charge in [-0.2, -0.15) is 0 Å². The van der Waals surface area contributed by atoms with Gasteiger partial charge in [-0.05, 0) is 56.6 Å². The zero-order valence-electron chi connectivity index (χ0n) is 15.0. The second-order valence-electron chi connectivity index (χ2n) is 6.94. The lowest BCUT2D eigenvalue weighted by molar-refractivity contribution is -0.129. The third-order valence-electron chi connectivity index (χ3n) is 4.72. The van der Waals surface area contributed by atoms with Gasteiger partial charge in [-0.1, -0.05) is 30.3 Å². The highest BCUT2D eigenvalue weighted by Crippen LogP contribution is 2.31. The number of carbonyl (C=O) groups excluding carboxylic acids is 1. The first-order chi connectivity index (χ1) is 12.1. The Labute approximate surface area is 149 Å². The number of hydrogen-bond acceptors (Lipinski definition) is 3. The first-order valence-corrected chi connectivity index (χ1v) is 8.91. The molecule has 4 nitrogen and oxygen atoms in total. The van der Waals surface area contributed by atoms with E-state index in [4.69, 9.17) is 4.74 Å². The van der Waals surface area contributed by atoms with E-state index in [-0.39, 0.29) is 11.3 Å². The molecule has 0 saturated carbocycles. The molecule has 3 rings (SSSR count). The number of para-hydroxylation sites is 1. The molecule has 1 aliphatic rings. The van der Waals surface area contributed by atoms with Crippen molar-refractivity contribution in [3.8, 4) is 11.5 Å². The third-order valence-corrected chi connectivity index (χ3v) is 4.72. The molecule has 1 aliphatic heterocycles. The van der Waals surface area contributed by atoms with Crippen LogP contribution in [-0.4, -0.2) is 30.4 Å². The van der Waals surface area contributed by atoms with E-state index >= 15 is 0 Å². The number of rotatable bonds is 6. The molecule has 4 heteroatoms. The molecule has 0 unspecified atom stereocenters. The molecule has 2 aromatic rings. The molecule has 1 atom stereocenters. The fourth-order valence-corrected chi connectivity index (χ4v) is 3.34. The van der Waals surface area contributed by atoms with E-state index in [1.807, 2.05) is 49.4 Å². The van der Waals surface area contributed by atoms with Gasteiger partial charge in [0.2, 0.25) is 5.91 Å². The highest BCUT2D eigenvalue weighted by atomic mass is 16.5. The van der Waals surface area contributed by atoms with E-state index in [0.29, 0.717) is 6.54 Å². The summed E-state index contributed by atoms with van der Waals surface area (Å²) in [5.41, 5.74) is 0.919. The van der Waals surface area contributed by atoms with E-state index in [0.717, 1.165) is 37.6 Å². The standard InChI is InChI=1S/C21H26N2O2/c1-3-22-20(24)21(2)12-13-23(16-21)15-17-8-7-11-19(14-17)25-18-9-5-4-6-10-18/h4-11,14H,3,12-13,15-16H2,1-2H3,(H,22,24)/t21-/m0/s1. The number of amides is 1. The number of carbonyl (C=O) groups is 1. The van der Waals surface area contributed by atoms with Gasteiger partial charge in [0.05, 0.1) is 5.41 Å². The van der Waals surface area contributed by atoms with Gasteiger partial charge in [0.1, 0.15) is 11.5 Å². The van der Waals surface area contributed by atoms with Gasteiger partial charge >= 0.3 is 0 Å². The minimum atomic E-state index is -0.284. The van der Waals surface area contributed by atoms with Gasteiger partial charge in [0.15, 0.2) is 0 Å². The lowest BCUT2D eigenvalue weighted by Crippen LogP contribution is -2.40. The minimum absolute atomic E-state index is 0.165. The van der Waals surface area contributed by atoms with Crippen LogP contribution in [0, 0.1) is 5.41 Å². The topological polar surface area (TPSA) is 41.6 Å². The largest absolute Gasteiger partial charge is 0.457 e. The lowest BCUT2D eigenvalue weighted by atomic mass is 9.89. The molecule has 2 aromatic carbocycles. The van der Waals surface area contributed by atoms with Gasteiger partial charge in [-0.15, -0.1) is 0 Å². The van der Waals surface area contributed by atoms with Crippen molar-refractivity contribution < 1.29 is 9.53 Å². The number of nitrogens with zero attached hydrogens (tertiary/aromatic N) is 1. The Balaban J connectivity index is 1.62. The first-order valence-electron chi connectivity index (χ1n) is 8.91. The van der Waals surface area contributed by atoms with Crippen LogP contribution in [0.1, 0.15) is 25.8 Å². The van der Waals surface area contributed by atoms with Crippen molar-refractivity contribution in [3.63, 3.8) is 0 Å². The van der Waals surface area contributed by atoms with E-state index < -0.39 is 0 Å². The Morgan fingerprint density at radius 3 is 2.68 bits per heavy atom. The van der Waals surface area contributed by atoms with Crippen LogP contribution in [0.2, 0.25) is 0 Å². The quantitative estimate of drug-likeness (QED) is 0.870. The van der Waals surface area contributed by atoms with Crippen LogP contribution in [-0.2, 0) is 11.3 Å². The van der Waals surface area contributed by atoms with E-state index in [1.54, 1.807) is 0 Å². The number of hydrogen-bond donors (Lipinski definition) is 1. The average Bonchev–Trinajstić information content (AvgIpc) is 2.99. The first kappa shape index (κ1) is 17.5.